The van der Waals surface area contributed by atoms with Crippen molar-refractivity contribution in [1.82, 2.24) is 19.6 Å². The van der Waals surface area contributed by atoms with Crippen LogP contribution in [0.15, 0.2) is 36.8 Å². The number of nitrogens with one attached hydrogen (secondary N) is 1. The minimum Gasteiger partial charge on any atom is -0.378 e. The molecule has 0 radical (unpaired) electrons. The summed E-state index contributed by atoms with van der Waals surface area (Å²) in [5.74, 6) is 1.78. The fourth-order valence-electron chi connectivity index (χ4n) is 2.75. The van der Waals surface area contributed by atoms with Gasteiger partial charge >= 0.3 is 0 Å². The van der Waals surface area contributed by atoms with E-state index in [9.17, 15) is 0 Å². The topological polar surface area (TPSA) is 67.6 Å². The van der Waals surface area contributed by atoms with E-state index >= 15 is 0 Å². The van der Waals surface area contributed by atoms with Crippen LogP contribution < -0.4 is 10.2 Å². The van der Waals surface area contributed by atoms with Crippen LogP contribution in [0.4, 0.5) is 11.6 Å². The zero-order valence-corrected chi connectivity index (χ0v) is 13.1. The van der Waals surface area contributed by atoms with Crippen LogP contribution in [0.2, 0.25) is 0 Å². The van der Waals surface area contributed by atoms with Crippen molar-refractivity contribution in [2.45, 2.75) is 6.10 Å². The van der Waals surface area contributed by atoms with Gasteiger partial charge in [0.1, 0.15) is 11.6 Å². The van der Waals surface area contributed by atoms with Crippen molar-refractivity contribution < 1.29 is 4.74 Å². The largest absolute Gasteiger partial charge is 0.378 e. The Morgan fingerprint density at radius 2 is 2.17 bits per heavy atom. The first kappa shape index (κ1) is 14.0. The first-order chi connectivity index (χ1) is 11.3. The van der Waals surface area contributed by atoms with E-state index in [2.05, 4.69) is 20.3 Å². The third-order valence-corrected chi connectivity index (χ3v) is 4.19. The maximum atomic E-state index is 5.33. The minimum absolute atomic E-state index is 0.302. The van der Waals surface area contributed by atoms with E-state index in [0.717, 1.165) is 41.5 Å². The molecule has 3 aromatic heterocycles. The maximum absolute atomic E-state index is 5.33. The van der Waals surface area contributed by atoms with Gasteiger partial charge in [-0.3, -0.25) is 0 Å². The third-order valence-electron chi connectivity index (χ3n) is 4.19. The van der Waals surface area contributed by atoms with Crippen LogP contribution in [0.1, 0.15) is 0 Å². The second-order valence-electron chi connectivity index (χ2n) is 5.55. The molecule has 1 saturated heterocycles. The summed E-state index contributed by atoms with van der Waals surface area (Å²) in [6.45, 7) is 1.75. The lowest BCUT2D eigenvalue weighted by atomic mass is 10.1. The SMILES string of the molecule is CNc1cc(-c2cnn3ccc(N4CC(OC)C4)nc23)ccn1. The van der Waals surface area contributed by atoms with E-state index < -0.39 is 0 Å². The van der Waals surface area contributed by atoms with E-state index in [1.165, 1.54) is 0 Å². The van der Waals surface area contributed by atoms with Crippen molar-refractivity contribution in [3.63, 3.8) is 0 Å². The van der Waals surface area contributed by atoms with Crippen LogP contribution in [0.25, 0.3) is 16.8 Å². The van der Waals surface area contributed by atoms with Gasteiger partial charge in [0.2, 0.25) is 0 Å². The monoisotopic (exact) mass is 310 g/mol. The van der Waals surface area contributed by atoms with Crippen LogP contribution in [-0.4, -0.2) is 52.9 Å². The van der Waals surface area contributed by atoms with Gasteiger partial charge in [0.15, 0.2) is 5.65 Å². The van der Waals surface area contributed by atoms with Crippen LogP contribution in [0, 0.1) is 0 Å². The average Bonchev–Trinajstić information content (AvgIpc) is 2.97. The number of rotatable bonds is 4. The molecule has 3 aromatic rings. The molecule has 0 saturated carbocycles. The van der Waals surface area contributed by atoms with Crippen molar-refractivity contribution in [2.24, 2.45) is 0 Å². The summed E-state index contributed by atoms with van der Waals surface area (Å²) >= 11 is 0. The molecule has 7 heteroatoms. The first-order valence-electron chi connectivity index (χ1n) is 7.55. The fraction of sp³-hybridized carbons (Fsp3) is 0.312. The number of aromatic nitrogens is 4. The highest BCUT2D eigenvalue weighted by Crippen LogP contribution is 2.27. The van der Waals surface area contributed by atoms with E-state index in [-0.39, 0.29) is 0 Å². The zero-order chi connectivity index (χ0) is 15.8. The normalized spacial score (nSPS) is 15.0. The molecule has 0 spiro atoms. The van der Waals surface area contributed by atoms with Gasteiger partial charge in [-0.15, -0.1) is 0 Å². The van der Waals surface area contributed by atoms with Gasteiger partial charge < -0.3 is 15.0 Å². The number of pyridine rings is 1. The number of hydrogen-bond acceptors (Lipinski definition) is 6. The van der Waals surface area contributed by atoms with Crippen molar-refractivity contribution >= 4 is 17.3 Å². The summed E-state index contributed by atoms with van der Waals surface area (Å²) < 4.78 is 7.13. The van der Waals surface area contributed by atoms with Crippen molar-refractivity contribution in [2.75, 3.05) is 37.5 Å². The quantitative estimate of drug-likeness (QED) is 0.790. The predicted molar refractivity (Wildman–Crippen MR) is 88.8 cm³/mol. The molecule has 0 aromatic carbocycles. The summed E-state index contributed by atoms with van der Waals surface area (Å²) in [7, 11) is 3.60. The van der Waals surface area contributed by atoms with E-state index in [0.29, 0.717) is 6.10 Å². The predicted octanol–water partition coefficient (Wildman–Crippen LogP) is 1.67. The molecule has 23 heavy (non-hydrogen) atoms. The zero-order valence-electron chi connectivity index (χ0n) is 13.1. The maximum Gasteiger partial charge on any atom is 0.165 e. The van der Waals surface area contributed by atoms with Crippen molar-refractivity contribution in [3.05, 3.63) is 36.8 Å². The van der Waals surface area contributed by atoms with Gasteiger partial charge in [-0.25, -0.2) is 14.5 Å². The highest BCUT2D eigenvalue weighted by molar-refractivity contribution is 5.79. The third kappa shape index (κ3) is 2.39. The molecule has 118 valence electrons. The van der Waals surface area contributed by atoms with E-state index in [1.807, 2.05) is 37.6 Å². The van der Waals surface area contributed by atoms with E-state index in [4.69, 9.17) is 9.72 Å². The Morgan fingerprint density at radius 3 is 2.96 bits per heavy atom. The molecule has 0 unspecified atom stereocenters. The molecule has 0 atom stereocenters. The van der Waals surface area contributed by atoms with Gasteiger partial charge in [0.25, 0.3) is 0 Å². The highest BCUT2D eigenvalue weighted by atomic mass is 16.5. The van der Waals surface area contributed by atoms with Gasteiger partial charge in [-0.05, 0) is 23.8 Å². The molecule has 0 bridgehead atoms. The molecule has 4 heterocycles. The van der Waals surface area contributed by atoms with Crippen LogP contribution in [-0.2, 0) is 4.74 Å². The summed E-state index contributed by atoms with van der Waals surface area (Å²) in [4.78, 5) is 11.2. The van der Waals surface area contributed by atoms with Gasteiger partial charge in [-0.1, -0.05) is 0 Å². The number of hydrogen-bond donors (Lipinski definition) is 1. The summed E-state index contributed by atoms with van der Waals surface area (Å²) in [5.41, 5.74) is 2.88. The standard InChI is InChI=1S/C16H18N6O/c1-17-14-7-11(3-5-18-14)13-8-19-22-6-4-15(20-16(13)22)21-9-12(10-21)23-2/h3-8,12H,9-10H2,1-2H3,(H,17,18). The van der Waals surface area contributed by atoms with Crippen LogP contribution in [0.3, 0.4) is 0 Å². The molecule has 1 aliphatic rings. The molecule has 1 aliphatic heterocycles. The van der Waals surface area contributed by atoms with Crippen LogP contribution >= 0.6 is 0 Å². The molecule has 4 rings (SSSR count). The van der Waals surface area contributed by atoms with Gasteiger partial charge in [0.05, 0.1) is 12.3 Å². The number of methoxy groups -OCH3 is 1. The number of fused-ring (bicyclic) bond motifs is 1. The van der Waals surface area contributed by atoms with Gasteiger partial charge in [0, 0.05) is 45.2 Å². The van der Waals surface area contributed by atoms with Crippen LogP contribution in [0.5, 0.6) is 0 Å². The molecule has 1 fully saturated rings. The molecule has 0 amide bonds. The number of nitrogens with zero attached hydrogens (tertiary/aromatic N) is 5. The molecule has 1 N–H and O–H groups in total. The van der Waals surface area contributed by atoms with E-state index in [1.54, 1.807) is 17.8 Å². The Bertz CT molecular complexity index is 839. The number of ether oxygens (including phenoxy) is 1. The summed E-state index contributed by atoms with van der Waals surface area (Å²) in [6, 6.07) is 5.95. The summed E-state index contributed by atoms with van der Waals surface area (Å²) in [6.07, 6.45) is 5.87. The Labute approximate surface area is 133 Å². The lowest BCUT2D eigenvalue weighted by Crippen LogP contribution is -2.52. The summed E-state index contributed by atoms with van der Waals surface area (Å²) in [5, 5.41) is 7.45. The number of anilines is 2. The Kier molecular flexibility index (Phi) is 3.34. The minimum atomic E-state index is 0.302. The fourth-order valence-corrected chi connectivity index (χ4v) is 2.75. The lowest BCUT2D eigenvalue weighted by Gasteiger charge is -2.38. The van der Waals surface area contributed by atoms with Gasteiger partial charge in [-0.2, -0.15) is 5.10 Å². The second kappa shape index (κ2) is 5.51. The Morgan fingerprint density at radius 1 is 1.30 bits per heavy atom. The highest BCUT2D eigenvalue weighted by Gasteiger charge is 2.27. The van der Waals surface area contributed by atoms with Crippen molar-refractivity contribution in [3.8, 4) is 11.1 Å². The first-order valence-corrected chi connectivity index (χ1v) is 7.55. The van der Waals surface area contributed by atoms with Crippen molar-refractivity contribution in [1.29, 1.82) is 0 Å². The second-order valence-corrected chi connectivity index (χ2v) is 5.55. The molecule has 0 aliphatic carbocycles. The molecular formula is C16H18N6O. The Balaban J connectivity index is 1.73. The Hall–Kier alpha value is -2.67. The molecular weight excluding hydrogens is 292 g/mol. The molecule has 7 nitrogen and oxygen atoms in total. The average molecular weight is 310 g/mol. The lowest BCUT2D eigenvalue weighted by molar-refractivity contribution is 0.0783. The smallest absolute Gasteiger partial charge is 0.165 e.